The second-order valence-electron chi connectivity index (χ2n) is 10.0. The average molecular weight is 705 g/mol. The van der Waals surface area contributed by atoms with Crippen molar-refractivity contribution in [1.29, 1.82) is 0 Å². The molecule has 1 aromatic heterocycles. The number of para-hydroxylation sites is 1. The number of amides is 3. The van der Waals surface area contributed by atoms with Crippen molar-refractivity contribution < 1.29 is 32.3 Å². The lowest BCUT2D eigenvalue weighted by molar-refractivity contribution is -0.137. The fourth-order valence-electron chi connectivity index (χ4n) is 5.47. The van der Waals surface area contributed by atoms with Crippen molar-refractivity contribution in [1.82, 2.24) is 4.57 Å². The molecule has 0 bridgehead atoms. The highest BCUT2D eigenvalue weighted by atomic mass is 79.9. The Labute approximate surface area is 265 Å². The Bertz CT molecular complexity index is 1860. The molecule has 226 valence electrons. The molecule has 1 saturated heterocycles. The summed E-state index contributed by atoms with van der Waals surface area (Å²) in [6.07, 6.45) is -4.70. The van der Waals surface area contributed by atoms with Gasteiger partial charge in [-0.1, -0.05) is 63.3 Å². The van der Waals surface area contributed by atoms with Crippen molar-refractivity contribution in [2.45, 2.75) is 28.9 Å². The van der Waals surface area contributed by atoms with Gasteiger partial charge in [-0.2, -0.15) is 13.2 Å². The number of fused-ring (bicyclic) bond motifs is 2. The summed E-state index contributed by atoms with van der Waals surface area (Å²) in [6, 6.07) is 18.3. The van der Waals surface area contributed by atoms with Crippen LogP contribution in [0.25, 0.3) is 0 Å². The first-order valence-corrected chi connectivity index (χ1v) is 15.6. The molecule has 0 unspecified atom stereocenters. The summed E-state index contributed by atoms with van der Waals surface area (Å²) in [4.78, 5) is 55.3. The Balaban J connectivity index is 1.39. The molecule has 2 aliphatic heterocycles. The first-order valence-electron chi connectivity index (χ1n) is 13.1. The largest absolute Gasteiger partial charge is 0.497 e. The van der Waals surface area contributed by atoms with E-state index < -0.39 is 63.7 Å². The molecule has 0 aliphatic carbocycles. The number of carbonyl (C=O) groups is 3. The van der Waals surface area contributed by atoms with Crippen LogP contribution in [-0.2, 0) is 27.1 Å². The zero-order valence-corrected chi connectivity index (χ0v) is 25.9. The summed E-state index contributed by atoms with van der Waals surface area (Å²) in [5.74, 6) is -2.75. The molecule has 6 rings (SSSR count). The highest BCUT2D eigenvalue weighted by molar-refractivity contribution is 9.10. The van der Waals surface area contributed by atoms with Crippen LogP contribution < -0.4 is 19.8 Å². The lowest BCUT2D eigenvalue weighted by atomic mass is 9.83. The smallest absolute Gasteiger partial charge is 0.418 e. The number of halogens is 4. The number of imide groups is 1. The van der Waals surface area contributed by atoms with Crippen molar-refractivity contribution >= 4 is 68.1 Å². The van der Waals surface area contributed by atoms with E-state index >= 15 is 0 Å². The van der Waals surface area contributed by atoms with Gasteiger partial charge in [0.15, 0.2) is 0 Å². The quantitative estimate of drug-likeness (QED) is 0.243. The summed E-state index contributed by atoms with van der Waals surface area (Å²) in [7, 11) is 1.50. The molecule has 14 heteroatoms. The standard InChI is InChI=1S/C30H21BrF3N3O5S2/c1-42-18-11-9-17(10-12-18)37-26(39)23-22(15-5-4-6-16(31)13-15)25-28(43-24(23)27(37)40)36(29(41)44-25)14-21(38)35-20-8-3-2-7-19(20)30(32,33)34/h2-13,22-24H,14H2,1H3,(H,35,38)/t22-,23-,24+/m0/s1. The SMILES string of the molecule is COc1ccc(N2C(=O)[C@H]3[C@H](c4cccc(Br)c4)c4sc(=O)n(CC(=O)Nc5ccccc5C(F)(F)F)c4S[C@H]3C2=O)cc1. The predicted molar refractivity (Wildman–Crippen MR) is 163 cm³/mol. The first kappa shape index (κ1) is 30.2. The van der Waals surface area contributed by atoms with Gasteiger partial charge in [0.1, 0.15) is 17.5 Å². The van der Waals surface area contributed by atoms with Crippen LogP contribution in [-0.4, -0.2) is 34.6 Å². The molecular formula is C30H21BrF3N3O5S2. The van der Waals surface area contributed by atoms with Crippen LogP contribution in [0.15, 0.2) is 87.1 Å². The number of hydrogen-bond acceptors (Lipinski definition) is 7. The Morgan fingerprint density at radius 1 is 1.00 bits per heavy atom. The van der Waals surface area contributed by atoms with E-state index in [0.29, 0.717) is 26.9 Å². The molecule has 44 heavy (non-hydrogen) atoms. The number of rotatable bonds is 6. The second-order valence-corrected chi connectivity index (χ2v) is 13.1. The van der Waals surface area contributed by atoms with Crippen molar-refractivity contribution in [2.75, 3.05) is 17.3 Å². The number of anilines is 2. The lowest BCUT2D eigenvalue weighted by Gasteiger charge is -2.30. The summed E-state index contributed by atoms with van der Waals surface area (Å²) in [6.45, 7) is -0.587. The van der Waals surface area contributed by atoms with E-state index in [1.54, 1.807) is 36.4 Å². The number of nitrogens with one attached hydrogen (secondary N) is 1. The van der Waals surface area contributed by atoms with Gasteiger partial charge in [0.05, 0.1) is 35.0 Å². The summed E-state index contributed by atoms with van der Waals surface area (Å²) in [5, 5.41) is 1.67. The second kappa shape index (κ2) is 11.6. The normalized spacial score (nSPS) is 19.5. The third kappa shape index (κ3) is 5.35. The van der Waals surface area contributed by atoms with Crippen LogP contribution in [0.4, 0.5) is 24.5 Å². The van der Waals surface area contributed by atoms with E-state index in [4.69, 9.17) is 4.74 Å². The number of thioether (sulfide) groups is 1. The lowest BCUT2D eigenvalue weighted by Crippen LogP contribution is -2.33. The van der Waals surface area contributed by atoms with E-state index in [9.17, 15) is 32.3 Å². The molecule has 1 fully saturated rings. The third-order valence-corrected chi connectivity index (χ3v) is 10.5. The van der Waals surface area contributed by atoms with Gasteiger partial charge in [0, 0.05) is 15.3 Å². The molecule has 3 aromatic carbocycles. The zero-order valence-electron chi connectivity index (χ0n) is 22.6. The highest BCUT2D eigenvalue weighted by Gasteiger charge is 2.56. The van der Waals surface area contributed by atoms with E-state index in [-0.39, 0.29) is 0 Å². The van der Waals surface area contributed by atoms with Crippen LogP contribution in [0.1, 0.15) is 21.9 Å². The molecule has 0 saturated carbocycles. The minimum absolute atomic E-state index is 0.322. The molecular weight excluding hydrogens is 683 g/mol. The Hall–Kier alpha value is -3.88. The third-order valence-electron chi connectivity index (χ3n) is 7.40. The number of aromatic nitrogens is 1. The predicted octanol–water partition coefficient (Wildman–Crippen LogP) is 6.13. The maximum absolute atomic E-state index is 14.0. The number of hydrogen-bond donors (Lipinski definition) is 1. The van der Waals surface area contributed by atoms with E-state index in [1.807, 2.05) is 12.1 Å². The van der Waals surface area contributed by atoms with E-state index in [1.165, 1.54) is 19.2 Å². The van der Waals surface area contributed by atoms with Gasteiger partial charge >= 0.3 is 11.0 Å². The number of ether oxygens (including phenoxy) is 1. The number of nitrogens with zero attached hydrogens (tertiary/aromatic N) is 2. The van der Waals surface area contributed by atoms with Crippen molar-refractivity contribution in [2.24, 2.45) is 5.92 Å². The van der Waals surface area contributed by atoms with Crippen LogP contribution >= 0.6 is 39.0 Å². The minimum atomic E-state index is -4.70. The molecule has 4 aromatic rings. The molecule has 1 N–H and O–H groups in total. The van der Waals surface area contributed by atoms with Gasteiger partial charge in [-0.05, 0) is 54.1 Å². The summed E-state index contributed by atoms with van der Waals surface area (Å²) in [5.41, 5.74) is -0.403. The van der Waals surface area contributed by atoms with Gasteiger partial charge in [-0.3, -0.25) is 23.7 Å². The fourth-order valence-corrected chi connectivity index (χ4v) is 8.66. The molecule has 3 amide bonds. The molecule has 0 radical (unpaired) electrons. The topological polar surface area (TPSA) is 97.7 Å². The van der Waals surface area contributed by atoms with Gasteiger partial charge < -0.3 is 10.1 Å². The monoisotopic (exact) mass is 703 g/mol. The Morgan fingerprint density at radius 2 is 1.73 bits per heavy atom. The molecule has 3 heterocycles. The molecule has 3 atom stereocenters. The van der Waals surface area contributed by atoms with Crippen LogP contribution in [0.2, 0.25) is 0 Å². The summed E-state index contributed by atoms with van der Waals surface area (Å²) >= 11 is 5.32. The van der Waals surface area contributed by atoms with Crippen molar-refractivity contribution in [3.8, 4) is 5.75 Å². The van der Waals surface area contributed by atoms with Gasteiger partial charge in [0.25, 0.3) is 0 Å². The molecule has 2 aliphatic rings. The Morgan fingerprint density at radius 3 is 2.41 bits per heavy atom. The van der Waals surface area contributed by atoms with Crippen LogP contribution in [0, 0.1) is 5.92 Å². The van der Waals surface area contributed by atoms with Gasteiger partial charge in [0.2, 0.25) is 17.7 Å². The fraction of sp³-hybridized carbons (Fsp3) is 0.200. The summed E-state index contributed by atoms with van der Waals surface area (Å²) < 4.78 is 47.6. The maximum Gasteiger partial charge on any atom is 0.418 e. The minimum Gasteiger partial charge on any atom is -0.497 e. The molecule has 0 spiro atoms. The van der Waals surface area contributed by atoms with E-state index in [2.05, 4.69) is 21.2 Å². The van der Waals surface area contributed by atoms with Gasteiger partial charge in [-0.25, -0.2) is 4.90 Å². The first-order chi connectivity index (χ1) is 21.0. The number of carbonyl (C=O) groups excluding carboxylic acids is 3. The van der Waals surface area contributed by atoms with Crippen LogP contribution in [0.3, 0.4) is 0 Å². The number of methoxy groups -OCH3 is 1. The Kier molecular flexibility index (Phi) is 7.92. The van der Waals surface area contributed by atoms with Crippen molar-refractivity contribution in [3.05, 3.63) is 103 Å². The maximum atomic E-state index is 14.0. The van der Waals surface area contributed by atoms with E-state index in [0.717, 1.165) is 49.2 Å². The number of thiazole rings is 1. The van der Waals surface area contributed by atoms with Crippen LogP contribution in [0.5, 0.6) is 5.75 Å². The highest BCUT2D eigenvalue weighted by Crippen LogP contribution is 2.54. The molecule has 8 nitrogen and oxygen atoms in total. The number of alkyl halides is 3. The van der Waals surface area contributed by atoms with Crippen molar-refractivity contribution in [3.63, 3.8) is 0 Å². The average Bonchev–Trinajstić information content (AvgIpc) is 3.43. The zero-order chi connectivity index (χ0) is 31.3. The van der Waals surface area contributed by atoms with Gasteiger partial charge in [-0.15, -0.1) is 0 Å². The number of benzene rings is 3.